The van der Waals surface area contributed by atoms with Gasteiger partial charge in [0.25, 0.3) is 0 Å². The van der Waals surface area contributed by atoms with E-state index in [9.17, 15) is 0 Å². The zero-order valence-electron chi connectivity index (χ0n) is 10.2. The summed E-state index contributed by atoms with van der Waals surface area (Å²) in [6.45, 7) is 6.12. The van der Waals surface area contributed by atoms with Crippen molar-refractivity contribution in [3.63, 3.8) is 0 Å². The average Bonchev–Trinajstić information content (AvgIpc) is 2.31. The lowest BCUT2D eigenvalue weighted by Crippen LogP contribution is -2.36. The van der Waals surface area contributed by atoms with E-state index in [2.05, 4.69) is 58.9 Å². The highest BCUT2D eigenvalue weighted by Gasteiger charge is 2.14. The molecule has 0 spiro atoms. The van der Waals surface area contributed by atoms with Gasteiger partial charge in [-0.1, -0.05) is 34.1 Å². The van der Waals surface area contributed by atoms with Crippen molar-refractivity contribution in [1.82, 2.24) is 0 Å². The summed E-state index contributed by atoms with van der Waals surface area (Å²) in [5.41, 5.74) is 2.62. The Morgan fingerprint density at radius 2 is 2.06 bits per heavy atom. The van der Waals surface area contributed by atoms with Crippen LogP contribution in [0.3, 0.4) is 0 Å². The van der Waals surface area contributed by atoms with Crippen LogP contribution in [0.15, 0.2) is 24.3 Å². The molecule has 0 aliphatic heterocycles. The molecule has 0 fully saturated rings. The number of anilines is 1. The molecule has 2 nitrogen and oxygen atoms in total. The van der Waals surface area contributed by atoms with E-state index in [1.165, 1.54) is 11.3 Å². The van der Waals surface area contributed by atoms with Crippen molar-refractivity contribution in [2.24, 2.45) is 0 Å². The van der Waals surface area contributed by atoms with Crippen molar-refractivity contribution in [3.8, 4) is 0 Å². The number of likely N-dealkylation sites (N-methyl/N-ethyl adjacent to an activating group) is 1. The number of benzene rings is 1. The number of methoxy groups -OCH3 is 1. The van der Waals surface area contributed by atoms with E-state index in [0.717, 1.165) is 18.5 Å². The Hall–Kier alpha value is -0.540. The van der Waals surface area contributed by atoms with E-state index in [0.29, 0.717) is 6.04 Å². The van der Waals surface area contributed by atoms with Gasteiger partial charge in [-0.2, -0.15) is 0 Å². The number of para-hydroxylation sites is 1. The van der Waals surface area contributed by atoms with Crippen LogP contribution in [-0.4, -0.2) is 26.3 Å². The van der Waals surface area contributed by atoms with Crippen LogP contribution in [0.5, 0.6) is 0 Å². The summed E-state index contributed by atoms with van der Waals surface area (Å²) in [4.78, 5) is 2.38. The molecule has 1 aromatic carbocycles. The molecule has 0 aliphatic rings. The van der Waals surface area contributed by atoms with E-state index in [4.69, 9.17) is 4.74 Å². The summed E-state index contributed by atoms with van der Waals surface area (Å²) in [7, 11) is 1.75. The number of hydrogen-bond acceptors (Lipinski definition) is 2. The van der Waals surface area contributed by atoms with Crippen molar-refractivity contribution < 1.29 is 4.74 Å². The topological polar surface area (TPSA) is 12.5 Å². The van der Waals surface area contributed by atoms with Crippen LogP contribution in [0.2, 0.25) is 0 Å². The molecule has 0 saturated carbocycles. The number of halogens is 1. The summed E-state index contributed by atoms with van der Waals surface area (Å²) in [6.07, 6.45) is 0. The third-order valence-corrected chi connectivity index (χ3v) is 3.33. The van der Waals surface area contributed by atoms with Gasteiger partial charge in [0.2, 0.25) is 0 Å². The molecule has 1 unspecified atom stereocenters. The summed E-state index contributed by atoms with van der Waals surface area (Å²) in [5.74, 6) is 0. The molecule has 1 aromatic rings. The Morgan fingerprint density at radius 1 is 1.38 bits per heavy atom. The van der Waals surface area contributed by atoms with Crippen LogP contribution in [0.4, 0.5) is 5.69 Å². The second-order valence-corrected chi connectivity index (χ2v) is 4.41. The quantitative estimate of drug-likeness (QED) is 0.743. The fourth-order valence-corrected chi connectivity index (χ4v) is 2.43. The van der Waals surface area contributed by atoms with Crippen LogP contribution >= 0.6 is 15.9 Å². The van der Waals surface area contributed by atoms with Gasteiger partial charge in [0, 0.05) is 30.7 Å². The third kappa shape index (κ3) is 3.22. The van der Waals surface area contributed by atoms with Crippen LogP contribution < -0.4 is 4.90 Å². The second-order valence-electron chi connectivity index (χ2n) is 3.85. The fourth-order valence-electron chi connectivity index (χ4n) is 1.95. The smallest absolute Gasteiger partial charge is 0.0663 e. The highest BCUT2D eigenvalue weighted by atomic mass is 79.9. The van der Waals surface area contributed by atoms with Gasteiger partial charge in [-0.15, -0.1) is 0 Å². The SMILES string of the molecule is CCN(c1ccccc1CBr)C(C)COC. The molecule has 3 heteroatoms. The highest BCUT2D eigenvalue weighted by molar-refractivity contribution is 9.08. The molecule has 16 heavy (non-hydrogen) atoms. The molecule has 0 amide bonds. The van der Waals surface area contributed by atoms with Crippen molar-refractivity contribution >= 4 is 21.6 Å². The lowest BCUT2D eigenvalue weighted by molar-refractivity contribution is 0.182. The summed E-state index contributed by atoms with van der Waals surface area (Å²) < 4.78 is 5.23. The molecule has 0 aromatic heterocycles. The predicted octanol–water partition coefficient (Wildman–Crippen LogP) is 3.44. The second kappa shape index (κ2) is 6.92. The summed E-state index contributed by atoms with van der Waals surface area (Å²) in [6, 6.07) is 8.90. The Morgan fingerprint density at radius 3 is 2.62 bits per heavy atom. The molecule has 1 rings (SSSR count). The van der Waals surface area contributed by atoms with Crippen LogP contribution in [-0.2, 0) is 10.1 Å². The molecule has 0 bridgehead atoms. The Balaban J connectivity index is 2.93. The maximum absolute atomic E-state index is 5.23. The Kier molecular flexibility index (Phi) is 5.85. The number of hydrogen-bond donors (Lipinski definition) is 0. The number of alkyl halides is 1. The Labute approximate surface area is 107 Å². The minimum atomic E-state index is 0.398. The van der Waals surface area contributed by atoms with E-state index < -0.39 is 0 Å². The van der Waals surface area contributed by atoms with E-state index in [1.807, 2.05) is 0 Å². The summed E-state index contributed by atoms with van der Waals surface area (Å²) in [5, 5.41) is 0.888. The summed E-state index contributed by atoms with van der Waals surface area (Å²) >= 11 is 3.54. The third-order valence-electron chi connectivity index (χ3n) is 2.73. The molecule has 0 N–H and O–H groups in total. The van der Waals surface area contributed by atoms with Gasteiger partial charge in [0.1, 0.15) is 0 Å². The van der Waals surface area contributed by atoms with Crippen LogP contribution in [0.1, 0.15) is 19.4 Å². The first kappa shape index (κ1) is 13.5. The first-order chi connectivity index (χ1) is 7.74. The van der Waals surface area contributed by atoms with Crippen molar-refractivity contribution in [1.29, 1.82) is 0 Å². The predicted molar refractivity (Wildman–Crippen MR) is 73.4 cm³/mol. The average molecular weight is 286 g/mol. The number of rotatable bonds is 6. The molecule has 90 valence electrons. The van der Waals surface area contributed by atoms with Gasteiger partial charge in [-0.05, 0) is 25.5 Å². The lowest BCUT2D eigenvalue weighted by Gasteiger charge is -2.31. The molecular formula is C13H20BrNO. The van der Waals surface area contributed by atoms with Crippen molar-refractivity contribution in [2.75, 3.05) is 25.2 Å². The van der Waals surface area contributed by atoms with Gasteiger partial charge < -0.3 is 9.64 Å². The minimum Gasteiger partial charge on any atom is -0.383 e. The van der Waals surface area contributed by atoms with Gasteiger partial charge in [0.05, 0.1) is 6.61 Å². The zero-order valence-corrected chi connectivity index (χ0v) is 11.8. The first-order valence-electron chi connectivity index (χ1n) is 5.64. The molecule has 1 atom stereocenters. The highest BCUT2D eigenvalue weighted by Crippen LogP contribution is 2.24. The largest absolute Gasteiger partial charge is 0.383 e. The van der Waals surface area contributed by atoms with Crippen LogP contribution in [0.25, 0.3) is 0 Å². The lowest BCUT2D eigenvalue weighted by atomic mass is 10.1. The van der Waals surface area contributed by atoms with Crippen LogP contribution in [0, 0.1) is 0 Å². The molecular weight excluding hydrogens is 266 g/mol. The normalized spacial score (nSPS) is 12.5. The van der Waals surface area contributed by atoms with Crippen molar-refractivity contribution in [3.05, 3.63) is 29.8 Å². The van der Waals surface area contributed by atoms with E-state index in [1.54, 1.807) is 7.11 Å². The number of ether oxygens (including phenoxy) is 1. The van der Waals surface area contributed by atoms with E-state index in [-0.39, 0.29) is 0 Å². The monoisotopic (exact) mass is 285 g/mol. The standard InChI is InChI=1S/C13H20BrNO/c1-4-15(11(2)10-16-3)13-8-6-5-7-12(13)9-14/h5-8,11H,4,9-10H2,1-3H3. The van der Waals surface area contributed by atoms with E-state index >= 15 is 0 Å². The zero-order chi connectivity index (χ0) is 12.0. The van der Waals surface area contributed by atoms with Gasteiger partial charge >= 0.3 is 0 Å². The van der Waals surface area contributed by atoms with Gasteiger partial charge in [-0.25, -0.2) is 0 Å². The number of nitrogens with zero attached hydrogens (tertiary/aromatic N) is 1. The maximum atomic E-state index is 5.23. The van der Waals surface area contributed by atoms with Gasteiger partial charge in [0.15, 0.2) is 0 Å². The minimum absolute atomic E-state index is 0.398. The molecule has 0 radical (unpaired) electrons. The molecule has 0 saturated heterocycles. The maximum Gasteiger partial charge on any atom is 0.0663 e. The Bertz CT molecular complexity index is 317. The van der Waals surface area contributed by atoms with Gasteiger partial charge in [-0.3, -0.25) is 0 Å². The molecule has 0 aliphatic carbocycles. The first-order valence-corrected chi connectivity index (χ1v) is 6.76. The molecule has 0 heterocycles. The fraction of sp³-hybridized carbons (Fsp3) is 0.538. The van der Waals surface area contributed by atoms with Crippen molar-refractivity contribution in [2.45, 2.75) is 25.2 Å².